The maximum absolute atomic E-state index is 4.63. The molecule has 0 atom stereocenters. The highest BCUT2D eigenvalue weighted by atomic mass is 32.2. The molecular weight excluding hydrogens is 212 g/mol. The van der Waals surface area contributed by atoms with Crippen LogP contribution in [0.15, 0.2) is 0 Å². The highest BCUT2D eigenvalue weighted by molar-refractivity contribution is 7.98. The molecule has 0 fully saturated rings. The Hall–Kier alpha value is -0.220. The lowest BCUT2D eigenvalue weighted by atomic mass is 10.1. The Morgan fingerprint density at radius 1 is 1.36 bits per heavy atom. The third kappa shape index (κ3) is 2.42. The Labute approximate surface area is 93.5 Å². The van der Waals surface area contributed by atoms with E-state index in [4.69, 9.17) is 0 Å². The SMILES string of the molecule is CC(C)(C)Nc1nc2c(s1)CSCC2. The second-order valence-electron chi connectivity index (χ2n) is 4.57. The van der Waals surface area contributed by atoms with Crippen molar-refractivity contribution >= 4 is 28.2 Å². The van der Waals surface area contributed by atoms with Crippen molar-refractivity contribution in [3.8, 4) is 0 Å². The van der Waals surface area contributed by atoms with Crippen molar-refractivity contribution in [2.45, 2.75) is 38.5 Å². The average Bonchev–Trinajstić information content (AvgIpc) is 2.42. The molecule has 0 unspecified atom stereocenters. The topological polar surface area (TPSA) is 24.9 Å². The fraction of sp³-hybridized carbons (Fsp3) is 0.700. The van der Waals surface area contributed by atoms with E-state index in [9.17, 15) is 0 Å². The van der Waals surface area contributed by atoms with E-state index in [1.54, 1.807) is 0 Å². The lowest BCUT2D eigenvalue weighted by Crippen LogP contribution is -2.25. The first-order valence-corrected chi connectivity index (χ1v) is 6.86. The van der Waals surface area contributed by atoms with Gasteiger partial charge >= 0.3 is 0 Å². The van der Waals surface area contributed by atoms with Gasteiger partial charge in [0.1, 0.15) is 0 Å². The van der Waals surface area contributed by atoms with Gasteiger partial charge < -0.3 is 5.32 Å². The zero-order valence-electron chi connectivity index (χ0n) is 8.89. The maximum Gasteiger partial charge on any atom is 0.183 e. The van der Waals surface area contributed by atoms with Crippen molar-refractivity contribution in [3.63, 3.8) is 0 Å². The summed E-state index contributed by atoms with van der Waals surface area (Å²) in [5.41, 5.74) is 1.44. The van der Waals surface area contributed by atoms with Crippen molar-refractivity contribution in [1.29, 1.82) is 0 Å². The van der Waals surface area contributed by atoms with Gasteiger partial charge in [-0.3, -0.25) is 0 Å². The van der Waals surface area contributed by atoms with Crippen LogP contribution in [0.1, 0.15) is 31.3 Å². The summed E-state index contributed by atoms with van der Waals surface area (Å²) in [5, 5.41) is 4.52. The molecular formula is C10H16N2S2. The lowest BCUT2D eigenvalue weighted by molar-refractivity contribution is 0.633. The number of nitrogens with zero attached hydrogens (tertiary/aromatic N) is 1. The molecule has 4 heteroatoms. The van der Waals surface area contributed by atoms with Crippen LogP contribution in [0.5, 0.6) is 0 Å². The number of anilines is 1. The minimum atomic E-state index is 0.119. The number of fused-ring (bicyclic) bond motifs is 1. The lowest BCUT2D eigenvalue weighted by Gasteiger charge is -2.19. The van der Waals surface area contributed by atoms with E-state index in [0.717, 1.165) is 17.3 Å². The molecule has 0 saturated carbocycles. The van der Waals surface area contributed by atoms with Crippen LogP contribution in [0.4, 0.5) is 5.13 Å². The van der Waals surface area contributed by atoms with Gasteiger partial charge in [-0.05, 0) is 32.9 Å². The smallest absolute Gasteiger partial charge is 0.183 e. The number of thiazole rings is 1. The number of hydrogen-bond acceptors (Lipinski definition) is 4. The first-order valence-electron chi connectivity index (χ1n) is 4.89. The summed E-state index contributed by atoms with van der Waals surface area (Å²) in [7, 11) is 0. The van der Waals surface area contributed by atoms with E-state index in [1.165, 1.54) is 16.3 Å². The number of nitrogens with one attached hydrogen (secondary N) is 1. The molecule has 1 aromatic heterocycles. The van der Waals surface area contributed by atoms with Crippen molar-refractivity contribution < 1.29 is 0 Å². The largest absolute Gasteiger partial charge is 0.357 e. The molecule has 0 amide bonds. The van der Waals surface area contributed by atoms with E-state index < -0.39 is 0 Å². The highest BCUT2D eigenvalue weighted by Crippen LogP contribution is 2.32. The second kappa shape index (κ2) is 3.74. The van der Waals surface area contributed by atoms with Crippen LogP contribution in [-0.2, 0) is 12.2 Å². The van der Waals surface area contributed by atoms with Crippen LogP contribution in [-0.4, -0.2) is 16.3 Å². The zero-order chi connectivity index (χ0) is 10.2. The molecule has 0 saturated heterocycles. The molecule has 0 aromatic carbocycles. The third-order valence-corrected chi connectivity index (χ3v) is 4.16. The molecule has 78 valence electrons. The standard InChI is InChI=1S/C10H16N2S2/c1-10(2,3)12-9-11-7-4-5-13-6-8(7)14-9/h4-6H2,1-3H3,(H,11,12). The third-order valence-electron chi connectivity index (χ3n) is 1.98. The molecule has 1 aliphatic heterocycles. The zero-order valence-corrected chi connectivity index (χ0v) is 10.5. The van der Waals surface area contributed by atoms with Gasteiger partial charge in [-0.2, -0.15) is 11.8 Å². The van der Waals surface area contributed by atoms with Gasteiger partial charge in [-0.1, -0.05) is 0 Å². The summed E-state index contributed by atoms with van der Waals surface area (Å²) >= 11 is 3.83. The first kappa shape index (κ1) is 10.3. The molecule has 1 aromatic rings. The fourth-order valence-corrected chi connectivity index (χ4v) is 3.73. The van der Waals surface area contributed by atoms with Crippen LogP contribution in [0, 0.1) is 0 Å². The Morgan fingerprint density at radius 3 is 2.79 bits per heavy atom. The molecule has 2 heterocycles. The van der Waals surface area contributed by atoms with Gasteiger partial charge in [-0.25, -0.2) is 4.98 Å². The molecule has 0 bridgehead atoms. The van der Waals surface area contributed by atoms with Gasteiger partial charge in [0.05, 0.1) is 5.69 Å². The minimum absolute atomic E-state index is 0.119. The predicted octanol–water partition coefficient (Wildman–Crippen LogP) is 3.14. The summed E-state index contributed by atoms with van der Waals surface area (Å²) in [4.78, 5) is 6.10. The molecule has 0 aliphatic carbocycles. The number of hydrogen-bond donors (Lipinski definition) is 1. The predicted molar refractivity (Wildman–Crippen MR) is 65.4 cm³/mol. The normalized spacial score (nSPS) is 16.5. The molecule has 2 rings (SSSR count). The number of thioether (sulfide) groups is 1. The maximum atomic E-state index is 4.63. The number of aryl methyl sites for hydroxylation is 1. The first-order chi connectivity index (χ1) is 6.54. The summed E-state index contributed by atoms with van der Waals surface area (Å²) < 4.78 is 0. The van der Waals surface area contributed by atoms with E-state index in [2.05, 4.69) is 31.1 Å². The van der Waals surface area contributed by atoms with Crippen LogP contribution in [0.25, 0.3) is 0 Å². The highest BCUT2D eigenvalue weighted by Gasteiger charge is 2.18. The summed E-state index contributed by atoms with van der Waals surface area (Å²) in [6.45, 7) is 6.51. The van der Waals surface area contributed by atoms with Crippen molar-refractivity contribution in [2.24, 2.45) is 0 Å². The summed E-state index contributed by atoms with van der Waals surface area (Å²) in [5.74, 6) is 2.38. The summed E-state index contributed by atoms with van der Waals surface area (Å²) in [6.07, 6.45) is 1.14. The second-order valence-corrected chi connectivity index (χ2v) is 6.76. The van der Waals surface area contributed by atoms with E-state index in [0.29, 0.717) is 0 Å². The Morgan fingerprint density at radius 2 is 2.14 bits per heavy atom. The average molecular weight is 228 g/mol. The number of rotatable bonds is 1. The monoisotopic (exact) mass is 228 g/mol. The van der Waals surface area contributed by atoms with Crippen LogP contribution in [0.3, 0.4) is 0 Å². The van der Waals surface area contributed by atoms with Gasteiger partial charge in [0.2, 0.25) is 0 Å². The van der Waals surface area contributed by atoms with Gasteiger partial charge in [0.15, 0.2) is 5.13 Å². The van der Waals surface area contributed by atoms with Crippen molar-refractivity contribution in [1.82, 2.24) is 4.98 Å². The van der Waals surface area contributed by atoms with Crippen LogP contribution >= 0.6 is 23.1 Å². The molecule has 14 heavy (non-hydrogen) atoms. The Kier molecular flexibility index (Phi) is 2.75. The van der Waals surface area contributed by atoms with Crippen LogP contribution in [0.2, 0.25) is 0 Å². The fourth-order valence-electron chi connectivity index (χ4n) is 1.40. The van der Waals surface area contributed by atoms with Gasteiger partial charge in [0.25, 0.3) is 0 Å². The molecule has 0 radical (unpaired) electrons. The number of aromatic nitrogens is 1. The van der Waals surface area contributed by atoms with E-state index >= 15 is 0 Å². The summed E-state index contributed by atoms with van der Waals surface area (Å²) in [6, 6.07) is 0. The van der Waals surface area contributed by atoms with E-state index in [-0.39, 0.29) is 5.54 Å². The van der Waals surface area contributed by atoms with Crippen molar-refractivity contribution in [3.05, 3.63) is 10.6 Å². The van der Waals surface area contributed by atoms with E-state index in [1.807, 2.05) is 23.1 Å². The molecule has 1 N–H and O–H groups in total. The van der Waals surface area contributed by atoms with Crippen molar-refractivity contribution in [2.75, 3.05) is 11.1 Å². The van der Waals surface area contributed by atoms with Gasteiger partial charge in [0, 0.05) is 16.2 Å². The Balaban J connectivity index is 2.16. The molecule has 1 aliphatic rings. The van der Waals surface area contributed by atoms with Gasteiger partial charge in [-0.15, -0.1) is 11.3 Å². The molecule has 0 spiro atoms. The Bertz CT molecular complexity index is 302. The quantitative estimate of drug-likeness (QED) is 0.799. The molecule has 2 nitrogen and oxygen atoms in total. The minimum Gasteiger partial charge on any atom is -0.357 e. The van der Waals surface area contributed by atoms with Crippen LogP contribution < -0.4 is 5.32 Å².